The molecule has 0 radical (unpaired) electrons. The summed E-state index contributed by atoms with van der Waals surface area (Å²) in [6.45, 7) is 3.10. The molecule has 0 saturated carbocycles. The third-order valence-corrected chi connectivity index (χ3v) is 1.22. The number of carbonyl (C=O) groups is 2. The average molecular weight is 187 g/mol. The summed E-state index contributed by atoms with van der Waals surface area (Å²) in [6.07, 6.45) is 2.44. The minimum atomic E-state index is -1.08. The molecule has 0 unspecified atom stereocenters. The number of carbonyl (C=O) groups excluding carboxylic acids is 1. The highest BCUT2D eigenvalue weighted by Crippen LogP contribution is 1.96. The van der Waals surface area contributed by atoms with Gasteiger partial charge in [0.25, 0.3) is 0 Å². The first-order valence-electron chi connectivity index (χ1n) is 3.90. The molecule has 2 N–H and O–H groups in total. The highest BCUT2D eigenvalue weighted by atomic mass is 16.7. The van der Waals surface area contributed by atoms with Crippen LogP contribution in [-0.2, 0) is 14.4 Å². The summed E-state index contributed by atoms with van der Waals surface area (Å²) >= 11 is 0. The van der Waals surface area contributed by atoms with Gasteiger partial charge >= 0.3 is 11.9 Å². The van der Waals surface area contributed by atoms with E-state index in [0.29, 0.717) is 5.57 Å². The van der Waals surface area contributed by atoms with Crippen LogP contribution in [0.4, 0.5) is 0 Å². The molecule has 0 aromatic rings. The molecule has 0 fully saturated rings. The Morgan fingerprint density at radius 3 is 2.62 bits per heavy atom. The quantitative estimate of drug-likeness (QED) is 0.483. The van der Waals surface area contributed by atoms with Crippen LogP contribution in [0.5, 0.6) is 0 Å². The van der Waals surface area contributed by atoms with Crippen molar-refractivity contribution in [2.75, 3.05) is 6.54 Å². The maximum atomic E-state index is 11.0. The third kappa shape index (κ3) is 5.86. The number of rotatable bonds is 5. The molecule has 0 aliphatic rings. The molecule has 0 aliphatic heterocycles. The van der Waals surface area contributed by atoms with E-state index >= 15 is 0 Å². The lowest BCUT2D eigenvalue weighted by molar-refractivity contribution is -0.149. The summed E-state index contributed by atoms with van der Waals surface area (Å²) in [5, 5.41) is 8.20. The van der Waals surface area contributed by atoms with Gasteiger partial charge in [-0.3, -0.25) is 4.79 Å². The van der Waals surface area contributed by atoms with Gasteiger partial charge in [0.15, 0.2) is 0 Å². The number of hydrogen-bond acceptors (Lipinski definition) is 4. The molecule has 0 spiro atoms. The molecule has 0 amide bonds. The van der Waals surface area contributed by atoms with Crippen molar-refractivity contribution in [3.63, 3.8) is 0 Å². The van der Waals surface area contributed by atoms with Crippen molar-refractivity contribution < 1.29 is 19.5 Å². The van der Waals surface area contributed by atoms with Crippen molar-refractivity contribution in [3.05, 3.63) is 11.6 Å². The molecule has 0 saturated heterocycles. The van der Waals surface area contributed by atoms with E-state index < -0.39 is 18.5 Å². The molecule has 0 aliphatic carbocycles. The van der Waals surface area contributed by atoms with Gasteiger partial charge in [0.1, 0.15) is 6.54 Å². The predicted octanol–water partition coefficient (Wildman–Crippen LogP) is 0.475. The Labute approximate surface area is 76.3 Å². The van der Waals surface area contributed by atoms with Crippen LogP contribution in [0.2, 0.25) is 0 Å². The zero-order valence-electron chi connectivity index (χ0n) is 7.66. The maximum absolute atomic E-state index is 11.0. The van der Waals surface area contributed by atoms with E-state index in [1.807, 2.05) is 12.4 Å². The highest BCUT2D eigenvalue weighted by molar-refractivity contribution is 5.87. The normalized spacial score (nSPS) is 11.1. The van der Waals surface area contributed by atoms with Crippen LogP contribution >= 0.6 is 0 Å². The van der Waals surface area contributed by atoms with E-state index in [0.717, 1.165) is 6.42 Å². The molecule has 5 nitrogen and oxygen atoms in total. The molecular formula is C8H13NO4. The summed E-state index contributed by atoms with van der Waals surface area (Å²) in [4.78, 5) is 25.4. The van der Waals surface area contributed by atoms with E-state index in [2.05, 4.69) is 4.84 Å². The van der Waals surface area contributed by atoms with Gasteiger partial charge in [0.05, 0.1) is 0 Å². The average Bonchev–Trinajstić information content (AvgIpc) is 2.04. The molecule has 0 atom stereocenters. The molecule has 74 valence electrons. The first kappa shape index (κ1) is 11.6. The van der Waals surface area contributed by atoms with Crippen LogP contribution in [0, 0.1) is 0 Å². The summed E-state index contributed by atoms with van der Waals surface area (Å²) in [5.41, 5.74) is 2.49. The lowest BCUT2D eigenvalue weighted by atomic mass is 10.2. The molecule has 13 heavy (non-hydrogen) atoms. The van der Waals surface area contributed by atoms with E-state index in [4.69, 9.17) is 5.11 Å². The number of aliphatic carboxylic acids is 1. The molecular weight excluding hydrogens is 174 g/mol. The zero-order valence-corrected chi connectivity index (χ0v) is 7.66. The second-order valence-electron chi connectivity index (χ2n) is 2.40. The highest BCUT2D eigenvalue weighted by Gasteiger charge is 2.05. The van der Waals surface area contributed by atoms with Gasteiger partial charge in [-0.05, 0) is 13.3 Å². The molecule has 0 bridgehead atoms. The van der Waals surface area contributed by atoms with Gasteiger partial charge in [-0.25, -0.2) is 4.79 Å². The minimum absolute atomic E-state index is 0.398. The van der Waals surface area contributed by atoms with Gasteiger partial charge in [-0.15, -0.1) is 5.48 Å². The summed E-state index contributed by atoms with van der Waals surface area (Å²) in [5.74, 6) is -1.63. The number of nitrogens with one attached hydrogen (secondary N) is 1. The fourth-order valence-corrected chi connectivity index (χ4v) is 0.633. The van der Waals surface area contributed by atoms with Crippen LogP contribution in [0.1, 0.15) is 20.3 Å². The van der Waals surface area contributed by atoms with Gasteiger partial charge < -0.3 is 9.94 Å². The maximum Gasteiger partial charge on any atom is 0.352 e. The van der Waals surface area contributed by atoms with Crippen LogP contribution in [0.3, 0.4) is 0 Å². The van der Waals surface area contributed by atoms with Crippen molar-refractivity contribution in [2.24, 2.45) is 0 Å². The van der Waals surface area contributed by atoms with Crippen molar-refractivity contribution >= 4 is 11.9 Å². The first-order chi connectivity index (χ1) is 6.07. The van der Waals surface area contributed by atoms with E-state index in [9.17, 15) is 9.59 Å². The van der Waals surface area contributed by atoms with E-state index in [-0.39, 0.29) is 0 Å². The molecule has 0 heterocycles. The Bertz CT molecular complexity index is 222. The van der Waals surface area contributed by atoms with Gasteiger partial charge in [0, 0.05) is 5.57 Å². The van der Waals surface area contributed by atoms with Crippen molar-refractivity contribution in [3.8, 4) is 0 Å². The number of allylic oxidation sites excluding steroid dienone is 1. The van der Waals surface area contributed by atoms with E-state index in [1.54, 1.807) is 13.0 Å². The fraction of sp³-hybridized carbons (Fsp3) is 0.500. The van der Waals surface area contributed by atoms with Crippen molar-refractivity contribution in [1.29, 1.82) is 0 Å². The lowest BCUT2D eigenvalue weighted by Crippen LogP contribution is -2.26. The summed E-state index contributed by atoms with van der Waals surface area (Å²) < 4.78 is 0. The number of carboxylic acid groups (broad SMARTS) is 1. The molecule has 0 aromatic carbocycles. The van der Waals surface area contributed by atoms with E-state index in [1.165, 1.54) is 0 Å². The van der Waals surface area contributed by atoms with Crippen molar-refractivity contribution in [1.82, 2.24) is 5.48 Å². The van der Waals surface area contributed by atoms with Gasteiger partial charge in [-0.2, -0.15) is 0 Å². The Morgan fingerprint density at radius 1 is 1.54 bits per heavy atom. The molecule has 0 aromatic heterocycles. The predicted molar refractivity (Wildman–Crippen MR) is 45.8 cm³/mol. The van der Waals surface area contributed by atoms with Gasteiger partial charge in [0.2, 0.25) is 0 Å². The molecule has 5 heteroatoms. The Balaban J connectivity index is 3.75. The smallest absolute Gasteiger partial charge is 0.352 e. The standard InChI is InChI=1S/C8H13NO4/c1-3-4-6(2)8(12)13-9-5-7(10)11/h4,9H,3,5H2,1-2H3,(H,10,11). The topological polar surface area (TPSA) is 75.6 Å². The number of hydrogen-bond donors (Lipinski definition) is 2. The summed E-state index contributed by atoms with van der Waals surface area (Å²) in [6, 6.07) is 0. The van der Waals surface area contributed by atoms with Crippen LogP contribution < -0.4 is 5.48 Å². The monoisotopic (exact) mass is 187 g/mol. The van der Waals surface area contributed by atoms with Gasteiger partial charge in [-0.1, -0.05) is 13.0 Å². The minimum Gasteiger partial charge on any atom is -0.480 e. The second kappa shape index (κ2) is 6.19. The SMILES string of the molecule is CCC=C(C)C(=O)ONCC(=O)O. The Morgan fingerprint density at radius 2 is 2.15 bits per heavy atom. The lowest BCUT2D eigenvalue weighted by Gasteiger charge is -2.02. The Kier molecular flexibility index (Phi) is 5.54. The van der Waals surface area contributed by atoms with Crippen molar-refractivity contribution in [2.45, 2.75) is 20.3 Å². The van der Waals surface area contributed by atoms with Crippen LogP contribution in [-0.4, -0.2) is 23.6 Å². The third-order valence-electron chi connectivity index (χ3n) is 1.22. The first-order valence-corrected chi connectivity index (χ1v) is 3.90. The number of hydroxylamine groups is 1. The largest absolute Gasteiger partial charge is 0.480 e. The van der Waals surface area contributed by atoms with Crippen LogP contribution in [0.15, 0.2) is 11.6 Å². The Hall–Kier alpha value is -1.36. The van der Waals surface area contributed by atoms with Crippen LogP contribution in [0.25, 0.3) is 0 Å². The summed E-state index contributed by atoms with van der Waals surface area (Å²) in [7, 11) is 0. The molecule has 0 rings (SSSR count). The second-order valence-corrected chi connectivity index (χ2v) is 2.40. The number of carboxylic acids is 1. The zero-order chi connectivity index (χ0) is 10.3. The fourth-order valence-electron chi connectivity index (χ4n) is 0.633.